The van der Waals surface area contributed by atoms with Gasteiger partial charge in [-0.25, -0.2) is 0 Å². The molecule has 1 N–H and O–H groups in total. The van der Waals surface area contributed by atoms with Gasteiger partial charge in [0.1, 0.15) is 11.6 Å². The van der Waals surface area contributed by atoms with Gasteiger partial charge in [-0.05, 0) is 31.0 Å². The number of pyridine rings is 1. The summed E-state index contributed by atoms with van der Waals surface area (Å²) in [7, 11) is 1.49. The molecule has 0 bridgehead atoms. The Morgan fingerprint density at radius 2 is 1.93 bits per heavy atom. The third kappa shape index (κ3) is 4.34. The van der Waals surface area contributed by atoms with Crippen LogP contribution in [-0.4, -0.2) is 29.2 Å². The monoisotopic (exact) mass is 384 g/mol. The van der Waals surface area contributed by atoms with Gasteiger partial charge in [-0.1, -0.05) is 31.9 Å². The molecule has 1 aromatic carbocycles. The van der Waals surface area contributed by atoms with Crippen LogP contribution >= 0.6 is 0 Å². The Hall–Kier alpha value is -3.27. The second kappa shape index (κ2) is 9.60. The number of unbranched alkanes of at least 4 members (excludes halogenated alkanes) is 2. The van der Waals surface area contributed by atoms with Crippen LogP contribution in [0.1, 0.15) is 47.7 Å². The Bertz CT molecular complexity index is 956. The largest absolute Gasteiger partial charge is 0.494 e. The minimum absolute atomic E-state index is 0.0671. The fourth-order valence-electron chi connectivity index (χ4n) is 2.97. The number of nitriles is 1. The molecule has 28 heavy (non-hydrogen) atoms. The summed E-state index contributed by atoms with van der Waals surface area (Å²) in [6.45, 7) is 3.36. The SMILES string of the molecule is CCCCCn1c(O)c(C(=O)COc2ccccc2OC)c(C)c(C#N)c1=O. The molecule has 0 amide bonds. The number of carbonyl (C=O) groups excluding carboxylic acids is 1. The number of para-hydroxylation sites is 2. The summed E-state index contributed by atoms with van der Waals surface area (Å²) in [5.41, 5.74) is -0.640. The van der Waals surface area contributed by atoms with Crippen LogP contribution in [-0.2, 0) is 6.54 Å². The molecular weight excluding hydrogens is 360 g/mol. The molecule has 0 saturated carbocycles. The molecule has 0 atom stereocenters. The van der Waals surface area contributed by atoms with Gasteiger partial charge in [-0.3, -0.25) is 14.2 Å². The third-order valence-corrected chi connectivity index (χ3v) is 4.49. The van der Waals surface area contributed by atoms with E-state index in [1.54, 1.807) is 24.3 Å². The number of methoxy groups -OCH3 is 1. The van der Waals surface area contributed by atoms with Crippen LogP contribution in [0.25, 0.3) is 0 Å². The summed E-state index contributed by atoms with van der Waals surface area (Å²) < 4.78 is 11.8. The minimum Gasteiger partial charge on any atom is -0.494 e. The lowest BCUT2D eigenvalue weighted by atomic mass is 10.0. The molecule has 0 fully saturated rings. The normalized spacial score (nSPS) is 10.4. The van der Waals surface area contributed by atoms with Crippen LogP contribution in [0.5, 0.6) is 17.4 Å². The summed E-state index contributed by atoms with van der Waals surface area (Å²) in [6.07, 6.45) is 2.45. The van der Waals surface area contributed by atoms with Crippen molar-refractivity contribution in [2.24, 2.45) is 0 Å². The summed E-state index contributed by atoms with van der Waals surface area (Å²) in [4.78, 5) is 25.3. The van der Waals surface area contributed by atoms with Crippen molar-refractivity contribution in [2.45, 2.75) is 39.7 Å². The fourth-order valence-corrected chi connectivity index (χ4v) is 2.97. The van der Waals surface area contributed by atoms with Crippen molar-refractivity contribution in [3.63, 3.8) is 0 Å². The molecule has 7 nitrogen and oxygen atoms in total. The van der Waals surface area contributed by atoms with Gasteiger partial charge in [0.05, 0.1) is 12.7 Å². The number of aromatic hydroxyl groups is 1. The molecule has 0 unspecified atom stereocenters. The number of aromatic nitrogens is 1. The van der Waals surface area contributed by atoms with E-state index in [9.17, 15) is 20.0 Å². The number of Topliss-reactive ketones (excluding diaryl/α,β-unsaturated/α-hetero) is 1. The number of nitrogens with zero attached hydrogens (tertiary/aromatic N) is 2. The third-order valence-electron chi connectivity index (χ3n) is 4.49. The molecular formula is C21H24N2O5. The van der Waals surface area contributed by atoms with E-state index in [4.69, 9.17) is 9.47 Å². The molecule has 0 aliphatic heterocycles. The van der Waals surface area contributed by atoms with Crippen molar-refractivity contribution in [3.8, 4) is 23.4 Å². The van der Waals surface area contributed by atoms with Crippen LogP contribution < -0.4 is 15.0 Å². The molecule has 0 radical (unpaired) electrons. The van der Waals surface area contributed by atoms with Crippen molar-refractivity contribution < 1.29 is 19.4 Å². The van der Waals surface area contributed by atoms with Gasteiger partial charge in [-0.2, -0.15) is 5.26 Å². The summed E-state index contributed by atoms with van der Waals surface area (Å²) in [5, 5.41) is 20.0. The van der Waals surface area contributed by atoms with Crippen molar-refractivity contribution in [1.82, 2.24) is 4.57 Å². The molecule has 0 saturated heterocycles. The van der Waals surface area contributed by atoms with Crippen molar-refractivity contribution in [2.75, 3.05) is 13.7 Å². The maximum atomic E-state index is 12.8. The molecule has 2 rings (SSSR count). The summed E-state index contributed by atoms with van der Waals surface area (Å²) in [5.74, 6) is -0.0985. The van der Waals surface area contributed by atoms with E-state index in [2.05, 4.69) is 0 Å². The quantitative estimate of drug-likeness (QED) is 0.526. The average molecular weight is 384 g/mol. The van der Waals surface area contributed by atoms with Gasteiger partial charge in [0, 0.05) is 6.54 Å². The zero-order chi connectivity index (χ0) is 20.7. The molecule has 1 aromatic heterocycles. The average Bonchev–Trinajstić information content (AvgIpc) is 2.69. The van der Waals surface area contributed by atoms with Crippen LogP contribution in [0, 0.1) is 18.3 Å². The zero-order valence-electron chi connectivity index (χ0n) is 16.3. The van der Waals surface area contributed by atoms with E-state index < -0.39 is 17.2 Å². The molecule has 0 spiro atoms. The van der Waals surface area contributed by atoms with E-state index in [1.807, 2.05) is 13.0 Å². The number of carbonyl (C=O) groups is 1. The molecule has 1 heterocycles. The second-order valence-corrected chi connectivity index (χ2v) is 6.34. The highest BCUT2D eigenvalue weighted by molar-refractivity contribution is 6.01. The summed E-state index contributed by atoms with van der Waals surface area (Å²) in [6, 6.07) is 8.72. The number of ether oxygens (including phenoxy) is 2. The highest BCUT2D eigenvalue weighted by Crippen LogP contribution is 2.27. The van der Waals surface area contributed by atoms with Crippen molar-refractivity contribution in [3.05, 3.63) is 51.3 Å². The highest BCUT2D eigenvalue weighted by atomic mass is 16.5. The molecule has 7 heteroatoms. The summed E-state index contributed by atoms with van der Waals surface area (Å²) >= 11 is 0. The van der Waals surface area contributed by atoms with Gasteiger partial charge in [0.2, 0.25) is 11.7 Å². The predicted octanol–water partition coefficient (Wildman–Crippen LogP) is 3.19. The number of hydrogen-bond acceptors (Lipinski definition) is 6. The number of hydrogen-bond donors (Lipinski definition) is 1. The van der Waals surface area contributed by atoms with Gasteiger partial charge < -0.3 is 14.6 Å². The lowest BCUT2D eigenvalue weighted by molar-refractivity contribution is 0.0914. The van der Waals surface area contributed by atoms with Gasteiger partial charge >= 0.3 is 0 Å². The Morgan fingerprint density at radius 1 is 1.25 bits per heavy atom. The molecule has 0 aliphatic rings. The van der Waals surface area contributed by atoms with E-state index in [1.165, 1.54) is 14.0 Å². The van der Waals surface area contributed by atoms with E-state index in [-0.39, 0.29) is 29.8 Å². The Balaban J connectivity index is 2.37. The number of benzene rings is 1. The lowest BCUT2D eigenvalue weighted by Crippen LogP contribution is -2.27. The van der Waals surface area contributed by atoms with Crippen LogP contribution in [0.4, 0.5) is 0 Å². The number of ketones is 1. The Morgan fingerprint density at radius 3 is 2.54 bits per heavy atom. The predicted molar refractivity (Wildman–Crippen MR) is 104 cm³/mol. The first-order valence-corrected chi connectivity index (χ1v) is 9.11. The first kappa shape index (κ1) is 21.0. The lowest BCUT2D eigenvalue weighted by Gasteiger charge is -2.16. The molecule has 148 valence electrons. The van der Waals surface area contributed by atoms with Crippen LogP contribution in [0.15, 0.2) is 29.1 Å². The minimum atomic E-state index is -0.587. The van der Waals surface area contributed by atoms with Crippen molar-refractivity contribution >= 4 is 5.78 Å². The van der Waals surface area contributed by atoms with Gasteiger partial charge in [0.25, 0.3) is 5.56 Å². The first-order valence-electron chi connectivity index (χ1n) is 9.11. The molecule has 2 aromatic rings. The topological polar surface area (TPSA) is 102 Å². The highest BCUT2D eigenvalue weighted by Gasteiger charge is 2.24. The maximum Gasteiger partial charge on any atom is 0.271 e. The fraction of sp³-hybridized carbons (Fsp3) is 0.381. The Labute approximate surface area is 163 Å². The van der Waals surface area contributed by atoms with Crippen molar-refractivity contribution in [1.29, 1.82) is 5.26 Å². The van der Waals surface area contributed by atoms with Crippen LogP contribution in [0.3, 0.4) is 0 Å². The van der Waals surface area contributed by atoms with Gasteiger partial charge in [-0.15, -0.1) is 0 Å². The Kier molecular flexibility index (Phi) is 7.21. The van der Waals surface area contributed by atoms with E-state index >= 15 is 0 Å². The second-order valence-electron chi connectivity index (χ2n) is 6.34. The molecule has 0 aliphatic carbocycles. The smallest absolute Gasteiger partial charge is 0.271 e. The number of rotatable bonds is 9. The van der Waals surface area contributed by atoms with Gasteiger partial charge in [0.15, 0.2) is 18.1 Å². The standard InChI is InChI=1S/C21H24N2O5/c1-4-5-8-11-23-20(25)15(12-22)14(2)19(21(23)26)16(24)13-28-18-10-7-6-9-17(18)27-3/h6-7,9-10,26H,4-5,8,11,13H2,1-3H3. The van der Waals surface area contributed by atoms with E-state index in [0.717, 1.165) is 17.4 Å². The first-order chi connectivity index (χ1) is 13.5. The maximum absolute atomic E-state index is 12.8. The zero-order valence-corrected chi connectivity index (χ0v) is 16.3. The van der Waals surface area contributed by atoms with E-state index in [0.29, 0.717) is 17.9 Å². The van der Waals surface area contributed by atoms with Crippen LogP contribution in [0.2, 0.25) is 0 Å².